The van der Waals surface area contributed by atoms with Crippen molar-refractivity contribution in [2.24, 2.45) is 5.73 Å². The zero-order valence-electron chi connectivity index (χ0n) is 10.8. The highest BCUT2D eigenvalue weighted by molar-refractivity contribution is 9.10. The van der Waals surface area contributed by atoms with Crippen molar-refractivity contribution in [3.63, 3.8) is 0 Å². The first-order valence-corrected chi connectivity index (χ1v) is 6.99. The fraction of sp³-hybridized carbons (Fsp3) is 0.500. The number of likely N-dealkylation sites (tertiary alicyclic amines) is 1. The van der Waals surface area contributed by atoms with Crippen molar-refractivity contribution in [3.8, 4) is 0 Å². The number of hydrogen-bond acceptors (Lipinski definition) is 2. The molecule has 98 valence electrons. The summed E-state index contributed by atoms with van der Waals surface area (Å²) in [6, 6.07) is 7.94. The first-order valence-electron chi connectivity index (χ1n) is 6.19. The summed E-state index contributed by atoms with van der Waals surface area (Å²) in [7, 11) is 0. The molecular weight excluding hydrogens is 292 g/mol. The molecule has 0 bridgehead atoms. The molecule has 1 fully saturated rings. The Morgan fingerprint density at radius 1 is 1.50 bits per heavy atom. The number of rotatable bonds is 2. The van der Waals surface area contributed by atoms with E-state index >= 15 is 0 Å². The Morgan fingerprint density at radius 3 is 2.72 bits per heavy atom. The fourth-order valence-electron chi connectivity index (χ4n) is 2.64. The van der Waals surface area contributed by atoms with Gasteiger partial charge in [0.1, 0.15) is 0 Å². The third-order valence-electron chi connectivity index (χ3n) is 3.51. The van der Waals surface area contributed by atoms with Crippen molar-refractivity contribution in [2.45, 2.75) is 38.3 Å². The molecule has 1 aromatic rings. The van der Waals surface area contributed by atoms with Crippen LogP contribution in [0.4, 0.5) is 0 Å². The van der Waals surface area contributed by atoms with E-state index in [1.165, 1.54) is 0 Å². The molecule has 2 N–H and O–H groups in total. The summed E-state index contributed by atoms with van der Waals surface area (Å²) in [4.78, 5) is 14.3. The van der Waals surface area contributed by atoms with E-state index in [0.29, 0.717) is 13.0 Å². The largest absolute Gasteiger partial charge is 0.336 e. The van der Waals surface area contributed by atoms with Gasteiger partial charge in [0, 0.05) is 22.6 Å². The number of nitrogens with two attached hydrogens (primary N) is 1. The molecule has 1 saturated heterocycles. The minimum Gasteiger partial charge on any atom is -0.336 e. The van der Waals surface area contributed by atoms with Gasteiger partial charge in [-0.15, -0.1) is 0 Å². The standard InChI is InChI=1S/C14H19BrN2O/c1-14(2)8-11(16)9-17(14)13(18)7-10-5-3-4-6-12(10)15/h3-6,11H,7-9,16H2,1-2H3. The molecule has 0 aromatic heterocycles. The second-order valence-corrected chi connectivity index (χ2v) is 6.40. The van der Waals surface area contributed by atoms with Gasteiger partial charge in [-0.1, -0.05) is 34.1 Å². The lowest BCUT2D eigenvalue weighted by Crippen LogP contribution is -2.43. The van der Waals surface area contributed by atoms with Gasteiger partial charge in [0.2, 0.25) is 5.91 Å². The van der Waals surface area contributed by atoms with E-state index in [1.54, 1.807) is 0 Å². The molecule has 0 aliphatic carbocycles. The van der Waals surface area contributed by atoms with Crippen molar-refractivity contribution in [2.75, 3.05) is 6.54 Å². The Kier molecular flexibility index (Phi) is 3.78. The number of carbonyl (C=O) groups excluding carboxylic acids is 1. The van der Waals surface area contributed by atoms with Gasteiger partial charge in [0.05, 0.1) is 6.42 Å². The molecule has 1 aromatic carbocycles. The van der Waals surface area contributed by atoms with Crippen LogP contribution in [-0.4, -0.2) is 28.9 Å². The predicted molar refractivity (Wildman–Crippen MR) is 76.2 cm³/mol. The van der Waals surface area contributed by atoms with Crippen LogP contribution in [0.5, 0.6) is 0 Å². The number of carbonyl (C=O) groups is 1. The second kappa shape index (κ2) is 5.02. The van der Waals surface area contributed by atoms with E-state index in [0.717, 1.165) is 16.5 Å². The highest BCUT2D eigenvalue weighted by Gasteiger charge is 2.39. The lowest BCUT2D eigenvalue weighted by Gasteiger charge is -2.31. The number of hydrogen-bond donors (Lipinski definition) is 1. The molecule has 4 heteroatoms. The third-order valence-corrected chi connectivity index (χ3v) is 4.28. The summed E-state index contributed by atoms with van der Waals surface area (Å²) in [5.74, 6) is 0.153. The van der Waals surface area contributed by atoms with Crippen molar-refractivity contribution in [1.29, 1.82) is 0 Å². The normalized spacial score (nSPS) is 22.2. The SMILES string of the molecule is CC1(C)CC(N)CN1C(=O)Cc1ccccc1Br. The maximum Gasteiger partial charge on any atom is 0.227 e. The third kappa shape index (κ3) is 2.75. The minimum absolute atomic E-state index is 0.100. The van der Waals surface area contributed by atoms with Gasteiger partial charge >= 0.3 is 0 Å². The Balaban J connectivity index is 2.12. The molecule has 1 heterocycles. The predicted octanol–water partition coefficient (Wildman–Crippen LogP) is 2.33. The average Bonchev–Trinajstić information content (AvgIpc) is 2.55. The minimum atomic E-state index is -0.127. The monoisotopic (exact) mass is 310 g/mol. The Morgan fingerprint density at radius 2 is 2.17 bits per heavy atom. The van der Waals surface area contributed by atoms with E-state index in [2.05, 4.69) is 29.8 Å². The number of amides is 1. The number of halogens is 1. The highest BCUT2D eigenvalue weighted by atomic mass is 79.9. The Bertz CT molecular complexity index is 459. The van der Waals surface area contributed by atoms with Gasteiger partial charge in [0.25, 0.3) is 0 Å². The van der Waals surface area contributed by atoms with Crippen LogP contribution in [0.15, 0.2) is 28.7 Å². The van der Waals surface area contributed by atoms with Crippen molar-refractivity contribution in [1.82, 2.24) is 4.90 Å². The fourth-order valence-corrected chi connectivity index (χ4v) is 3.06. The first-order chi connectivity index (χ1) is 8.40. The van der Waals surface area contributed by atoms with E-state index in [1.807, 2.05) is 29.2 Å². The molecule has 1 aliphatic heterocycles. The zero-order valence-corrected chi connectivity index (χ0v) is 12.4. The van der Waals surface area contributed by atoms with E-state index in [-0.39, 0.29) is 17.5 Å². The second-order valence-electron chi connectivity index (χ2n) is 5.55. The van der Waals surface area contributed by atoms with Crippen LogP contribution >= 0.6 is 15.9 Å². The van der Waals surface area contributed by atoms with Crippen LogP contribution in [0.2, 0.25) is 0 Å². The Hall–Kier alpha value is -0.870. The molecule has 1 aliphatic rings. The maximum atomic E-state index is 12.4. The van der Waals surface area contributed by atoms with Crippen LogP contribution in [0, 0.1) is 0 Å². The van der Waals surface area contributed by atoms with Crippen LogP contribution in [0.25, 0.3) is 0 Å². The first kappa shape index (κ1) is 13.6. The summed E-state index contributed by atoms with van der Waals surface area (Å²) in [5.41, 5.74) is 6.86. The van der Waals surface area contributed by atoms with Crippen LogP contribution < -0.4 is 5.73 Å². The molecule has 1 unspecified atom stereocenters. The summed E-state index contributed by atoms with van der Waals surface area (Å²) >= 11 is 3.48. The molecule has 18 heavy (non-hydrogen) atoms. The average molecular weight is 311 g/mol. The van der Waals surface area contributed by atoms with Gasteiger partial charge in [-0.2, -0.15) is 0 Å². The van der Waals surface area contributed by atoms with Crippen molar-refractivity contribution < 1.29 is 4.79 Å². The van der Waals surface area contributed by atoms with E-state index in [4.69, 9.17) is 5.73 Å². The van der Waals surface area contributed by atoms with E-state index in [9.17, 15) is 4.79 Å². The van der Waals surface area contributed by atoms with Crippen molar-refractivity contribution in [3.05, 3.63) is 34.3 Å². The van der Waals surface area contributed by atoms with Crippen molar-refractivity contribution >= 4 is 21.8 Å². The lowest BCUT2D eigenvalue weighted by atomic mass is 10.00. The number of nitrogens with zero attached hydrogens (tertiary/aromatic N) is 1. The summed E-state index contributed by atoms with van der Waals surface area (Å²) in [6.07, 6.45) is 1.30. The summed E-state index contributed by atoms with van der Waals surface area (Å²) in [6.45, 7) is 4.83. The number of benzene rings is 1. The maximum absolute atomic E-state index is 12.4. The zero-order chi connectivity index (χ0) is 13.3. The van der Waals surface area contributed by atoms with E-state index < -0.39 is 0 Å². The van der Waals surface area contributed by atoms with Gasteiger partial charge in [0.15, 0.2) is 0 Å². The molecule has 1 atom stereocenters. The molecule has 0 saturated carbocycles. The molecule has 0 radical (unpaired) electrons. The van der Waals surface area contributed by atoms with Crippen LogP contribution in [0.1, 0.15) is 25.8 Å². The molecular formula is C14H19BrN2O. The quantitative estimate of drug-likeness (QED) is 0.911. The molecule has 3 nitrogen and oxygen atoms in total. The van der Waals surface area contributed by atoms with Gasteiger partial charge < -0.3 is 10.6 Å². The topological polar surface area (TPSA) is 46.3 Å². The molecule has 2 rings (SSSR count). The van der Waals surface area contributed by atoms with Gasteiger partial charge in [-0.25, -0.2) is 0 Å². The van der Waals surface area contributed by atoms with Crippen LogP contribution in [-0.2, 0) is 11.2 Å². The summed E-state index contributed by atoms with van der Waals surface area (Å²) in [5, 5.41) is 0. The van der Waals surface area contributed by atoms with Crippen LogP contribution in [0.3, 0.4) is 0 Å². The smallest absolute Gasteiger partial charge is 0.227 e. The molecule has 1 amide bonds. The highest BCUT2D eigenvalue weighted by Crippen LogP contribution is 2.29. The Labute approximate surface area is 116 Å². The summed E-state index contributed by atoms with van der Waals surface area (Å²) < 4.78 is 0.986. The van der Waals surface area contributed by atoms with Gasteiger partial charge in [-0.3, -0.25) is 4.79 Å². The van der Waals surface area contributed by atoms with Gasteiger partial charge in [-0.05, 0) is 31.9 Å². The molecule has 0 spiro atoms. The lowest BCUT2D eigenvalue weighted by molar-refractivity contribution is -0.133.